The molecule has 0 amide bonds. The molecule has 0 fully saturated rings. The van der Waals surface area contributed by atoms with E-state index in [4.69, 9.17) is 14.6 Å². The van der Waals surface area contributed by atoms with E-state index in [-0.39, 0.29) is 12.3 Å². The fraction of sp³-hybridized carbons (Fsp3) is 0.219. The van der Waals surface area contributed by atoms with E-state index >= 15 is 0 Å². The van der Waals surface area contributed by atoms with Crippen LogP contribution in [-0.4, -0.2) is 11.1 Å². The van der Waals surface area contributed by atoms with Crippen molar-refractivity contribution in [3.63, 3.8) is 0 Å². The van der Waals surface area contributed by atoms with Crippen LogP contribution >= 0.6 is 0 Å². The zero-order chi connectivity index (χ0) is 26.4. The summed E-state index contributed by atoms with van der Waals surface area (Å²) >= 11 is 0. The summed E-state index contributed by atoms with van der Waals surface area (Å²) in [5.41, 5.74) is 5.27. The minimum atomic E-state index is -0.835. The summed E-state index contributed by atoms with van der Waals surface area (Å²) in [6.07, 6.45) is 1.41. The first kappa shape index (κ1) is 26.0. The highest BCUT2D eigenvalue weighted by atomic mass is 19.1. The number of hydrogen-bond donors (Lipinski definition) is 1. The Bertz CT molecular complexity index is 1380. The Morgan fingerprint density at radius 2 is 1.62 bits per heavy atom. The quantitative estimate of drug-likeness (QED) is 0.238. The summed E-state index contributed by atoms with van der Waals surface area (Å²) in [6.45, 7) is 6.16. The van der Waals surface area contributed by atoms with Crippen molar-refractivity contribution in [2.45, 2.75) is 46.0 Å². The summed E-state index contributed by atoms with van der Waals surface area (Å²) < 4.78 is 26.8. The molecule has 0 saturated heterocycles. The average molecular weight is 499 g/mol. The minimum absolute atomic E-state index is 0.0652. The van der Waals surface area contributed by atoms with Crippen LogP contribution in [0.2, 0.25) is 0 Å². The topological polar surface area (TPSA) is 55.8 Å². The van der Waals surface area contributed by atoms with Crippen molar-refractivity contribution >= 4 is 5.97 Å². The number of ether oxygens (including phenoxy) is 2. The number of carbonyl (C=O) groups is 1. The van der Waals surface area contributed by atoms with E-state index in [9.17, 15) is 9.18 Å². The normalized spacial score (nSPS) is 11.7. The fourth-order valence-electron chi connectivity index (χ4n) is 4.34. The first-order valence-corrected chi connectivity index (χ1v) is 12.5. The smallest absolute Gasteiger partial charge is 0.303 e. The largest absolute Gasteiger partial charge is 0.481 e. The van der Waals surface area contributed by atoms with E-state index in [0.717, 1.165) is 23.1 Å². The molecule has 4 aromatic carbocycles. The van der Waals surface area contributed by atoms with E-state index in [1.807, 2.05) is 49.4 Å². The van der Waals surface area contributed by atoms with Crippen LogP contribution < -0.4 is 9.47 Å². The van der Waals surface area contributed by atoms with Gasteiger partial charge in [0.05, 0.1) is 0 Å². The van der Waals surface area contributed by atoms with Crippen molar-refractivity contribution in [3.05, 3.63) is 119 Å². The third-order valence-corrected chi connectivity index (χ3v) is 6.48. The van der Waals surface area contributed by atoms with Gasteiger partial charge in [0.25, 0.3) is 0 Å². The van der Waals surface area contributed by atoms with Crippen molar-refractivity contribution in [1.29, 1.82) is 0 Å². The molecule has 0 aliphatic heterocycles. The molecule has 37 heavy (non-hydrogen) atoms. The first-order valence-electron chi connectivity index (χ1n) is 12.5. The monoisotopic (exact) mass is 498 g/mol. The molecule has 0 aliphatic rings. The molecular weight excluding hydrogens is 467 g/mol. The van der Waals surface area contributed by atoms with E-state index < -0.39 is 11.8 Å². The van der Waals surface area contributed by atoms with Crippen molar-refractivity contribution < 1.29 is 23.8 Å². The molecule has 0 spiro atoms. The van der Waals surface area contributed by atoms with Crippen LogP contribution in [0.1, 0.15) is 54.0 Å². The van der Waals surface area contributed by atoms with Gasteiger partial charge in [0.2, 0.25) is 0 Å². The zero-order valence-electron chi connectivity index (χ0n) is 21.3. The predicted molar refractivity (Wildman–Crippen MR) is 143 cm³/mol. The number of halogens is 1. The average Bonchev–Trinajstić information content (AvgIpc) is 2.88. The van der Waals surface area contributed by atoms with Gasteiger partial charge < -0.3 is 14.6 Å². The highest BCUT2D eigenvalue weighted by Crippen LogP contribution is 2.37. The molecule has 0 aromatic heterocycles. The Morgan fingerprint density at radius 3 is 2.30 bits per heavy atom. The maximum absolute atomic E-state index is 14.6. The summed E-state index contributed by atoms with van der Waals surface area (Å²) in [4.78, 5) is 10.9. The van der Waals surface area contributed by atoms with Crippen molar-refractivity contribution in [3.8, 4) is 23.0 Å². The molecule has 4 rings (SSSR count). The third kappa shape index (κ3) is 6.76. The lowest BCUT2D eigenvalue weighted by Crippen LogP contribution is -2.01. The second kappa shape index (κ2) is 11.7. The van der Waals surface area contributed by atoms with E-state index in [1.54, 1.807) is 12.1 Å². The van der Waals surface area contributed by atoms with Gasteiger partial charge in [0, 0.05) is 36.1 Å². The van der Waals surface area contributed by atoms with Gasteiger partial charge in [-0.25, -0.2) is 4.39 Å². The second-order valence-corrected chi connectivity index (χ2v) is 9.17. The molecule has 4 aromatic rings. The summed E-state index contributed by atoms with van der Waals surface area (Å²) in [5.74, 6) is 0.658. The molecule has 5 heteroatoms. The molecule has 0 aliphatic carbocycles. The lowest BCUT2D eigenvalue weighted by atomic mass is 9.91. The van der Waals surface area contributed by atoms with Gasteiger partial charge in [-0.2, -0.15) is 0 Å². The Balaban J connectivity index is 1.58. The van der Waals surface area contributed by atoms with E-state index in [1.165, 1.54) is 23.3 Å². The highest BCUT2D eigenvalue weighted by molar-refractivity contribution is 5.67. The molecule has 1 unspecified atom stereocenters. The van der Waals surface area contributed by atoms with Crippen LogP contribution in [0, 0.1) is 12.7 Å². The van der Waals surface area contributed by atoms with Gasteiger partial charge in [0.1, 0.15) is 28.8 Å². The van der Waals surface area contributed by atoms with Crippen LogP contribution in [0.5, 0.6) is 23.0 Å². The number of hydrogen-bond acceptors (Lipinski definition) is 3. The second-order valence-electron chi connectivity index (χ2n) is 9.17. The number of rotatable bonds is 10. The molecule has 190 valence electrons. The van der Waals surface area contributed by atoms with Gasteiger partial charge in [-0.05, 0) is 60.2 Å². The molecule has 4 nitrogen and oxygen atoms in total. The van der Waals surface area contributed by atoms with Gasteiger partial charge in [-0.15, -0.1) is 0 Å². The minimum Gasteiger partial charge on any atom is -0.481 e. The number of benzene rings is 4. The fourth-order valence-corrected chi connectivity index (χ4v) is 4.34. The Labute approximate surface area is 217 Å². The summed E-state index contributed by atoms with van der Waals surface area (Å²) in [6, 6.07) is 26.1. The maximum Gasteiger partial charge on any atom is 0.303 e. The molecule has 0 saturated carbocycles. The molecule has 1 atom stereocenters. The van der Waals surface area contributed by atoms with E-state index in [2.05, 4.69) is 32.0 Å². The maximum atomic E-state index is 14.6. The Kier molecular flexibility index (Phi) is 8.24. The molecule has 1 N–H and O–H groups in total. The van der Waals surface area contributed by atoms with Crippen LogP contribution in [-0.2, 0) is 17.6 Å². The Hall–Kier alpha value is -4.12. The van der Waals surface area contributed by atoms with Gasteiger partial charge in [-0.3, -0.25) is 4.79 Å². The van der Waals surface area contributed by atoms with Crippen molar-refractivity contribution in [1.82, 2.24) is 0 Å². The number of carboxylic acids is 1. The Morgan fingerprint density at radius 1 is 0.892 bits per heavy atom. The number of carboxylic acid groups (broad SMARTS) is 1. The summed E-state index contributed by atoms with van der Waals surface area (Å²) in [5, 5.41) is 8.93. The lowest BCUT2D eigenvalue weighted by Gasteiger charge is -2.19. The van der Waals surface area contributed by atoms with Crippen LogP contribution in [0.25, 0.3) is 0 Å². The molecule has 0 heterocycles. The highest BCUT2D eigenvalue weighted by Gasteiger charge is 2.16. The number of aliphatic carboxylic acids is 1. The van der Waals surface area contributed by atoms with E-state index in [0.29, 0.717) is 29.4 Å². The zero-order valence-corrected chi connectivity index (χ0v) is 21.3. The van der Waals surface area contributed by atoms with Crippen LogP contribution in [0.4, 0.5) is 4.39 Å². The molecule has 0 radical (unpaired) electrons. The SMILES string of the molecule is CCc1ccc(Oc2cc(F)cc(Oc3ccc(CCC(=O)O)c(C)c3)c2)c(C(C)c2ccccc2)c1. The predicted octanol–water partition coefficient (Wildman–Crippen LogP) is 8.45. The first-order chi connectivity index (χ1) is 17.8. The number of aryl methyl sites for hydroxylation is 3. The van der Waals surface area contributed by atoms with Gasteiger partial charge >= 0.3 is 5.97 Å². The lowest BCUT2D eigenvalue weighted by molar-refractivity contribution is -0.136. The van der Waals surface area contributed by atoms with Crippen molar-refractivity contribution in [2.24, 2.45) is 0 Å². The van der Waals surface area contributed by atoms with Crippen LogP contribution in [0.3, 0.4) is 0 Å². The molecular formula is C32H31FO4. The molecule has 0 bridgehead atoms. The van der Waals surface area contributed by atoms with Gasteiger partial charge in [0.15, 0.2) is 0 Å². The summed E-state index contributed by atoms with van der Waals surface area (Å²) in [7, 11) is 0. The van der Waals surface area contributed by atoms with Crippen molar-refractivity contribution in [2.75, 3.05) is 0 Å². The third-order valence-electron chi connectivity index (χ3n) is 6.48. The standard InChI is InChI=1S/C32H31FO4/c1-4-23-10-14-31(30(17-23)22(3)25-8-6-5-7-9-25)37-29-19-26(33)18-28(20-29)36-27-13-11-24(21(2)16-27)12-15-32(34)35/h5-11,13-14,16-20,22H,4,12,15H2,1-3H3,(H,34,35). The van der Waals surface area contributed by atoms with Crippen LogP contribution in [0.15, 0.2) is 84.9 Å². The van der Waals surface area contributed by atoms with Gasteiger partial charge in [-0.1, -0.05) is 62.4 Å².